The molecule has 0 aromatic rings. The van der Waals surface area contributed by atoms with Gasteiger partial charge in [0.1, 0.15) is 0 Å². The lowest BCUT2D eigenvalue weighted by atomic mass is 10.9. The second kappa shape index (κ2) is 3.18. The molecule has 0 saturated heterocycles. The summed E-state index contributed by atoms with van der Waals surface area (Å²) in [6, 6.07) is 1.58. The van der Waals surface area contributed by atoms with Gasteiger partial charge in [0.05, 0.1) is 6.07 Å². The van der Waals surface area contributed by atoms with Crippen molar-refractivity contribution in [3.8, 4) is 6.07 Å². The standard InChI is InChI=1S/C4H6BrNO2S/c1-2-9(7,8)4(5)3-6/h4H,2H2,1H3/t4-/m0/s1. The van der Waals surface area contributed by atoms with Gasteiger partial charge in [-0.1, -0.05) is 22.9 Å². The molecule has 0 saturated carbocycles. The summed E-state index contributed by atoms with van der Waals surface area (Å²) < 4.78 is 20.3. The van der Waals surface area contributed by atoms with Gasteiger partial charge in [-0.25, -0.2) is 8.42 Å². The lowest BCUT2D eigenvalue weighted by Crippen LogP contribution is -2.14. The van der Waals surface area contributed by atoms with Gasteiger partial charge in [-0.05, 0) is 0 Å². The van der Waals surface area contributed by atoms with Gasteiger partial charge in [0, 0.05) is 5.75 Å². The van der Waals surface area contributed by atoms with Gasteiger partial charge in [0.15, 0.2) is 9.84 Å². The van der Waals surface area contributed by atoms with Crippen molar-refractivity contribution in [3.05, 3.63) is 0 Å². The molecular weight excluding hydrogens is 206 g/mol. The minimum Gasteiger partial charge on any atom is -0.227 e. The van der Waals surface area contributed by atoms with E-state index in [-0.39, 0.29) is 5.75 Å². The number of sulfone groups is 1. The number of hydrogen-bond donors (Lipinski definition) is 0. The Hall–Kier alpha value is -0.0800. The predicted molar refractivity (Wildman–Crippen MR) is 37.8 cm³/mol. The molecule has 0 spiro atoms. The molecule has 1 atom stereocenters. The van der Waals surface area contributed by atoms with E-state index in [9.17, 15) is 8.42 Å². The average molecular weight is 212 g/mol. The van der Waals surface area contributed by atoms with Gasteiger partial charge in [-0.2, -0.15) is 5.26 Å². The minimum absolute atomic E-state index is 0.00350. The summed E-state index contributed by atoms with van der Waals surface area (Å²) in [5.41, 5.74) is 0. The van der Waals surface area contributed by atoms with Crippen LogP contribution in [-0.2, 0) is 9.84 Å². The highest BCUT2D eigenvalue weighted by Gasteiger charge is 2.18. The summed E-state index contributed by atoms with van der Waals surface area (Å²) >= 11 is 2.71. The average Bonchev–Trinajstić information content (AvgIpc) is 1.86. The van der Waals surface area contributed by atoms with Gasteiger partial charge in [-0.15, -0.1) is 0 Å². The molecule has 0 heterocycles. The summed E-state index contributed by atoms with van der Waals surface area (Å²) in [5.74, 6) is -0.00350. The zero-order chi connectivity index (χ0) is 7.49. The molecule has 0 fully saturated rings. The molecule has 0 aromatic heterocycles. The molecular formula is C4H6BrNO2S. The lowest BCUT2D eigenvalue weighted by molar-refractivity contribution is 0.599. The Morgan fingerprint density at radius 1 is 1.78 bits per heavy atom. The molecule has 3 nitrogen and oxygen atoms in total. The number of nitrogens with zero attached hydrogens (tertiary/aromatic N) is 1. The number of halogens is 1. The van der Waals surface area contributed by atoms with E-state index in [0.717, 1.165) is 0 Å². The van der Waals surface area contributed by atoms with Gasteiger partial charge < -0.3 is 0 Å². The Morgan fingerprint density at radius 3 is 2.33 bits per heavy atom. The third-order valence-electron chi connectivity index (χ3n) is 0.819. The van der Waals surface area contributed by atoms with Crippen LogP contribution in [0.5, 0.6) is 0 Å². The second-order valence-electron chi connectivity index (χ2n) is 1.40. The highest BCUT2D eigenvalue weighted by atomic mass is 79.9. The fourth-order valence-corrected chi connectivity index (χ4v) is 1.47. The van der Waals surface area contributed by atoms with E-state index in [1.807, 2.05) is 0 Å². The van der Waals surface area contributed by atoms with Gasteiger partial charge in [-0.3, -0.25) is 0 Å². The fraction of sp³-hybridized carbons (Fsp3) is 0.750. The molecule has 0 unspecified atom stereocenters. The molecule has 5 heteroatoms. The van der Waals surface area contributed by atoms with Crippen molar-refractivity contribution in [2.24, 2.45) is 0 Å². The van der Waals surface area contributed by atoms with Crippen LogP contribution < -0.4 is 0 Å². The van der Waals surface area contributed by atoms with Crippen molar-refractivity contribution in [3.63, 3.8) is 0 Å². The highest BCUT2D eigenvalue weighted by Crippen LogP contribution is 2.07. The van der Waals surface area contributed by atoms with Crippen LogP contribution in [0.2, 0.25) is 0 Å². The lowest BCUT2D eigenvalue weighted by Gasteiger charge is -1.97. The van der Waals surface area contributed by atoms with Gasteiger partial charge >= 0.3 is 0 Å². The predicted octanol–water partition coefficient (Wildman–Crippen LogP) is 0.666. The molecule has 0 aliphatic rings. The van der Waals surface area contributed by atoms with Crippen LogP contribution in [-0.4, -0.2) is 18.3 Å². The molecule has 0 amide bonds. The zero-order valence-corrected chi connectivity index (χ0v) is 7.24. The Balaban J connectivity index is 4.41. The molecule has 52 valence electrons. The van der Waals surface area contributed by atoms with Crippen LogP contribution in [0.25, 0.3) is 0 Å². The molecule has 0 aliphatic heterocycles. The van der Waals surface area contributed by atoms with E-state index in [0.29, 0.717) is 0 Å². The van der Waals surface area contributed by atoms with E-state index >= 15 is 0 Å². The topological polar surface area (TPSA) is 57.9 Å². The fourth-order valence-electron chi connectivity index (χ4n) is 0.227. The van der Waals surface area contributed by atoms with E-state index < -0.39 is 14.0 Å². The van der Waals surface area contributed by atoms with Crippen molar-refractivity contribution < 1.29 is 8.42 Å². The molecule has 9 heavy (non-hydrogen) atoms. The second-order valence-corrected chi connectivity index (χ2v) is 5.29. The number of alkyl halides is 1. The summed E-state index contributed by atoms with van der Waals surface area (Å²) in [4.78, 5) is 0. The first-order valence-corrected chi connectivity index (χ1v) is 4.93. The number of nitriles is 1. The van der Waals surface area contributed by atoms with E-state index in [1.54, 1.807) is 6.07 Å². The van der Waals surface area contributed by atoms with Crippen molar-refractivity contribution in [1.82, 2.24) is 0 Å². The quantitative estimate of drug-likeness (QED) is 0.632. The van der Waals surface area contributed by atoms with Gasteiger partial charge in [0.25, 0.3) is 0 Å². The molecule has 0 rings (SSSR count). The molecule has 0 radical (unpaired) electrons. The number of hydrogen-bond acceptors (Lipinski definition) is 3. The normalized spacial score (nSPS) is 14.3. The molecule has 0 bridgehead atoms. The van der Waals surface area contributed by atoms with E-state index in [2.05, 4.69) is 15.9 Å². The van der Waals surface area contributed by atoms with Crippen molar-refractivity contribution in [2.45, 2.75) is 11.1 Å². The largest absolute Gasteiger partial charge is 0.227 e. The Kier molecular flexibility index (Phi) is 3.15. The van der Waals surface area contributed by atoms with Crippen molar-refractivity contribution in [2.75, 3.05) is 5.75 Å². The summed E-state index contributed by atoms with van der Waals surface area (Å²) in [6.07, 6.45) is 0. The van der Waals surface area contributed by atoms with E-state index in [1.165, 1.54) is 6.92 Å². The molecule has 0 aromatic carbocycles. The van der Waals surface area contributed by atoms with Crippen LogP contribution in [0.15, 0.2) is 0 Å². The maximum absolute atomic E-state index is 10.7. The van der Waals surface area contributed by atoms with Crippen molar-refractivity contribution >= 4 is 25.8 Å². The summed E-state index contributed by atoms with van der Waals surface area (Å²) in [5, 5.41) is 8.13. The Labute approximate surface area is 62.7 Å². The molecule has 0 N–H and O–H groups in total. The Bertz CT molecular complexity index is 215. The van der Waals surface area contributed by atoms with Crippen LogP contribution in [0, 0.1) is 11.3 Å². The first-order chi connectivity index (χ1) is 4.04. The van der Waals surface area contributed by atoms with Gasteiger partial charge in [0.2, 0.25) is 4.16 Å². The maximum atomic E-state index is 10.7. The van der Waals surface area contributed by atoms with Crippen molar-refractivity contribution in [1.29, 1.82) is 5.26 Å². The Morgan fingerprint density at radius 2 is 2.22 bits per heavy atom. The first-order valence-electron chi connectivity index (χ1n) is 2.30. The summed E-state index contributed by atoms with van der Waals surface area (Å²) in [6.45, 7) is 1.50. The zero-order valence-electron chi connectivity index (χ0n) is 4.83. The summed E-state index contributed by atoms with van der Waals surface area (Å²) in [7, 11) is -3.19. The third-order valence-corrected chi connectivity index (χ3v) is 4.27. The SMILES string of the molecule is CCS(=O)(=O)[C@H](Br)C#N. The van der Waals surface area contributed by atoms with Crippen LogP contribution in [0.1, 0.15) is 6.92 Å². The first kappa shape index (κ1) is 8.92. The molecule has 0 aliphatic carbocycles. The van der Waals surface area contributed by atoms with Crippen LogP contribution >= 0.6 is 15.9 Å². The highest BCUT2D eigenvalue weighted by molar-refractivity contribution is 9.11. The minimum atomic E-state index is -3.19. The van der Waals surface area contributed by atoms with Crippen LogP contribution in [0.4, 0.5) is 0 Å². The van der Waals surface area contributed by atoms with E-state index in [4.69, 9.17) is 5.26 Å². The smallest absolute Gasteiger partial charge is 0.202 e. The maximum Gasteiger partial charge on any atom is 0.202 e. The monoisotopic (exact) mass is 211 g/mol. The van der Waals surface area contributed by atoms with Crippen LogP contribution in [0.3, 0.4) is 0 Å². The third kappa shape index (κ3) is 2.33. The number of rotatable bonds is 2.